The molecule has 0 aliphatic carbocycles. The van der Waals surface area contributed by atoms with Crippen LogP contribution in [0.25, 0.3) is 0 Å². The van der Waals surface area contributed by atoms with Gasteiger partial charge in [0, 0.05) is 12.8 Å². The number of rotatable bonds is 16. The molecule has 0 radical (unpaired) electrons. The van der Waals surface area contributed by atoms with E-state index < -0.39 is 67.2 Å². The smallest absolute Gasteiger partial charge is 0.412 e. The van der Waals surface area contributed by atoms with Gasteiger partial charge in [0.15, 0.2) is 24.6 Å². The lowest BCUT2D eigenvalue weighted by atomic mass is 9.94. The van der Waals surface area contributed by atoms with Crippen LogP contribution in [0.15, 0.2) is 110 Å². The van der Waals surface area contributed by atoms with Gasteiger partial charge in [-0.25, -0.2) is 4.79 Å². The van der Waals surface area contributed by atoms with E-state index >= 15 is 0 Å². The predicted octanol–water partition coefficient (Wildman–Crippen LogP) is 5.53. The van der Waals surface area contributed by atoms with Crippen LogP contribution in [-0.2, 0) is 46.1 Å². The Morgan fingerprint density at radius 1 is 0.820 bits per heavy atom. The Morgan fingerprint density at radius 3 is 1.80 bits per heavy atom. The van der Waals surface area contributed by atoms with Crippen molar-refractivity contribution in [1.82, 2.24) is 0 Å². The fourth-order valence-electron chi connectivity index (χ4n) is 5.70. The van der Waals surface area contributed by atoms with Crippen molar-refractivity contribution < 1.29 is 43.2 Å². The molecule has 7 atom stereocenters. The molecule has 2 N–H and O–H groups in total. The number of esters is 2. The number of allylic oxidation sites excluding steroid dienone is 2. The van der Waals surface area contributed by atoms with Gasteiger partial charge in [-0.2, -0.15) is 5.26 Å². The number of carbonyl (C=O) groups is 3. The summed E-state index contributed by atoms with van der Waals surface area (Å²) in [6.45, 7) is 6.94. The molecule has 0 saturated carbocycles. The highest BCUT2D eigenvalue weighted by atomic mass is 16.7. The molecule has 11 heteroatoms. The summed E-state index contributed by atoms with van der Waals surface area (Å²) in [4.78, 5) is 41.0. The summed E-state index contributed by atoms with van der Waals surface area (Å²) in [6, 6.07) is 26.8. The Morgan fingerprint density at radius 2 is 1.34 bits per heavy atom. The van der Waals surface area contributed by atoms with Crippen molar-refractivity contribution >= 4 is 23.7 Å². The van der Waals surface area contributed by atoms with Crippen LogP contribution in [0.4, 0.5) is 10.5 Å². The van der Waals surface area contributed by atoms with E-state index in [0.717, 1.165) is 11.1 Å². The first-order valence-corrected chi connectivity index (χ1v) is 16.3. The van der Waals surface area contributed by atoms with Gasteiger partial charge in [-0.15, -0.1) is 13.2 Å². The summed E-state index contributed by atoms with van der Waals surface area (Å²) >= 11 is 0. The molecule has 0 unspecified atom stereocenters. The van der Waals surface area contributed by atoms with Crippen LogP contribution in [0, 0.1) is 23.2 Å². The molecule has 0 aromatic heterocycles. The molecule has 1 saturated heterocycles. The number of benzene rings is 3. The lowest BCUT2D eigenvalue weighted by Gasteiger charge is -2.44. The molecule has 11 nitrogen and oxygen atoms in total. The summed E-state index contributed by atoms with van der Waals surface area (Å²) in [5, 5.41) is 22.0. The molecule has 3 aromatic rings. The third-order valence-corrected chi connectivity index (χ3v) is 8.23. The predicted molar refractivity (Wildman–Crippen MR) is 184 cm³/mol. The second-order valence-electron chi connectivity index (χ2n) is 11.8. The van der Waals surface area contributed by atoms with Gasteiger partial charge in [-0.3, -0.25) is 14.9 Å². The standard InChI is InChI=1S/C39H42N2O9/c1-4-12-29(22-26-14-8-6-9-15-26)36(43)48-34-33(50-39(45)41-31-20-18-28(24-40)19-21-31)32(25-42)47-38(46-3)35(34)49-37(44)30(13-5-2)23-27-16-10-7-11-17-27/h4-11,14-21,29-30,32-35,38,42H,1-2,12-13,22-23,25H2,3H3,(H,41,45)/t29-,30-,32-,33-,34+,35-,38+/m1/s1. The zero-order chi connectivity index (χ0) is 35.9. The van der Waals surface area contributed by atoms with Crippen LogP contribution < -0.4 is 5.32 Å². The third kappa shape index (κ3) is 10.4. The van der Waals surface area contributed by atoms with E-state index in [0.29, 0.717) is 24.1 Å². The van der Waals surface area contributed by atoms with Gasteiger partial charge < -0.3 is 28.8 Å². The largest absolute Gasteiger partial charge is 0.454 e. The minimum Gasteiger partial charge on any atom is -0.454 e. The van der Waals surface area contributed by atoms with E-state index in [9.17, 15) is 19.5 Å². The van der Waals surface area contributed by atoms with Crippen LogP contribution in [0.5, 0.6) is 0 Å². The van der Waals surface area contributed by atoms with Crippen molar-refractivity contribution in [2.24, 2.45) is 11.8 Å². The summed E-state index contributed by atoms with van der Waals surface area (Å²) in [6.07, 6.45) is -3.39. The number of hydrogen-bond donors (Lipinski definition) is 2. The zero-order valence-electron chi connectivity index (χ0n) is 27.9. The number of amides is 1. The molecule has 1 heterocycles. The monoisotopic (exact) mass is 682 g/mol. The number of nitrogens with zero attached hydrogens (tertiary/aromatic N) is 1. The van der Waals surface area contributed by atoms with Gasteiger partial charge >= 0.3 is 18.0 Å². The molecule has 1 aliphatic rings. The average Bonchev–Trinajstić information content (AvgIpc) is 3.13. The SMILES string of the molecule is C=CC[C@H](Cc1ccccc1)C(=O)O[C@@H]1[C@@H](OC(=O)[C@H](CC=C)Cc2ccccc2)[C@@H](OC)O[C@H](CO)[C@H]1OC(=O)Nc1ccc(C#N)cc1. The second-order valence-corrected chi connectivity index (χ2v) is 11.8. The van der Waals surface area contributed by atoms with E-state index in [1.165, 1.54) is 31.4 Å². The summed E-state index contributed by atoms with van der Waals surface area (Å²) < 4.78 is 29.4. The number of aliphatic hydroxyl groups is 1. The van der Waals surface area contributed by atoms with Gasteiger partial charge in [-0.1, -0.05) is 72.8 Å². The highest BCUT2D eigenvalue weighted by Gasteiger charge is 2.53. The number of ether oxygens (including phenoxy) is 5. The van der Waals surface area contributed by atoms with Crippen molar-refractivity contribution in [2.75, 3.05) is 19.0 Å². The molecule has 3 aromatic carbocycles. The third-order valence-electron chi connectivity index (χ3n) is 8.23. The van der Waals surface area contributed by atoms with Gasteiger partial charge in [0.1, 0.15) is 6.10 Å². The molecular weight excluding hydrogens is 640 g/mol. The number of anilines is 1. The lowest BCUT2D eigenvalue weighted by Crippen LogP contribution is -2.63. The summed E-state index contributed by atoms with van der Waals surface area (Å²) in [5.74, 6) is -2.66. The van der Waals surface area contributed by atoms with Gasteiger partial charge in [0.2, 0.25) is 0 Å². The Bertz CT molecular complexity index is 1610. The topological polar surface area (TPSA) is 153 Å². The van der Waals surface area contributed by atoms with Crippen LogP contribution in [0.1, 0.15) is 29.5 Å². The minimum atomic E-state index is -1.46. The maximum absolute atomic E-state index is 13.9. The van der Waals surface area contributed by atoms with Crippen molar-refractivity contribution in [3.63, 3.8) is 0 Å². The second kappa shape index (κ2) is 19.0. The molecule has 1 fully saturated rings. The molecular formula is C39H42N2O9. The summed E-state index contributed by atoms with van der Waals surface area (Å²) in [7, 11) is 1.32. The molecule has 50 heavy (non-hydrogen) atoms. The lowest BCUT2D eigenvalue weighted by molar-refractivity contribution is -0.300. The van der Waals surface area contributed by atoms with E-state index in [2.05, 4.69) is 18.5 Å². The molecule has 0 spiro atoms. The first-order valence-electron chi connectivity index (χ1n) is 16.3. The maximum atomic E-state index is 13.9. The average molecular weight is 683 g/mol. The highest BCUT2D eigenvalue weighted by molar-refractivity contribution is 5.85. The Kier molecular flexibility index (Phi) is 14.3. The Balaban J connectivity index is 1.67. The van der Waals surface area contributed by atoms with Crippen molar-refractivity contribution in [1.29, 1.82) is 5.26 Å². The number of aliphatic hydroxyl groups excluding tert-OH is 1. The Labute approximate surface area is 292 Å². The van der Waals surface area contributed by atoms with Gasteiger partial charge in [0.05, 0.1) is 30.1 Å². The molecule has 1 amide bonds. The normalized spacial score (nSPS) is 21.0. The number of methoxy groups -OCH3 is 1. The van der Waals surface area contributed by atoms with E-state index in [1.54, 1.807) is 12.2 Å². The number of carbonyl (C=O) groups excluding carboxylic acids is 3. The number of hydrogen-bond acceptors (Lipinski definition) is 10. The maximum Gasteiger partial charge on any atom is 0.412 e. The quantitative estimate of drug-likeness (QED) is 0.112. The van der Waals surface area contributed by atoms with Crippen LogP contribution in [0.2, 0.25) is 0 Å². The van der Waals surface area contributed by atoms with Crippen molar-refractivity contribution in [2.45, 2.75) is 56.4 Å². The van der Waals surface area contributed by atoms with Gasteiger partial charge in [-0.05, 0) is 61.1 Å². The van der Waals surface area contributed by atoms with Crippen LogP contribution in [-0.4, -0.2) is 67.6 Å². The summed E-state index contributed by atoms with van der Waals surface area (Å²) in [5.41, 5.74) is 2.49. The molecule has 1 aliphatic heterocycles. The highest BCUT2D eigenvalue weighted by Crippen LogP contribution is 2.32. The van der Waals surface area contributed by atoms with Crippen LogP contribution >= 0.6 is 0 Å². The fourth-order valence-corrected chi connectivity index (χ4v) is 5.70. The minimum absolute atomic E-state index is 0.266. The number of nitrogens with one attached hydrogen (secondary N) is 1. The molecule has 0 bridgehead atoms. The first kappa shape index (κ1) is 37.5. The van der Waals surface area contributed by atoms with Gasteiger partial charge in [0.25, 0.3) is 0 Å². The van der Waals surface area contributed by atoms with Crippen molar-refractivity contribution in [3.05, 3.63) is 127 Å². The fraction of sp³-hybridized carbons (Fsp3) is 0.333. The van der Waals surface area contributed by atoms with E-state index in [4.69, 9.17) is 28.9 Å². The van der Waals surface area contributed by atoms with Crippen LogP contribution in [0.3, 0.4) is 0 Å². The first-order chi connectivity index (χ1) is 24.3. The molecule has 4 rings (SSSR count). The molecule has 262 valence electrons. The van der Waals surface area contributed by atoms with E-state index in [1.807, 2.05) is 66.7 Å². The zero-order valence-corrected chi connectivity index (χ0v) is 27.9. The Hall–Kier alpha value is -5.28. The van der Waals surface area contributed by atoms with Crippen molar-refractivity contribution in [3.8, 4) is 6.07 Å². The number of nitriles is 1. The van der Waals surface area contributed by atoms with E-state index in [-0.39, 0.29) is 12.8 Å².